The van der Waals surface area contributed by atoms with Crippen molar-refractivity contribution in [1.82, 2.24) is 14.8 Å². The first-order chi connectivity index (χ1) is 20.3. The second-order valence-corrected chi connectivity index (χ2v) is 13.7. The lowest BCUT2D eigenvalue weighted by Crippen LogP contribution is -2.50. The van der Waals surface area contributed by atoms with Gasteiger partial charge < -0.3 is 24.7 Å². The van der Waals surface area contributed by atoms with E-state index < -0.39 is 5.60 Å². The van der Waals surface area contributed by atoms with Gasteiger partial charge in [-0.15, -0.1) is 11.8 Å². The minimum absolute atomic E-state index is 0.206. The van der Waals surface area contributed by atoms with Gasteiger partial charge in [0.05, 0.1) is 22.9 Å². The van der Waals surface area contributed by atoms with Gasteiger partial charge in [0.1, 0.15) is 22.1 Å². The van der Waals surface area contributed by atoms with Gasteiger partial charge in [0.2, 0.25) is 0 Å². The number of hydrogen-bond acceptors (Lipinski definition) is 7. The Morgan fingerprint density at radius 2 is 1.81 bits per heavy atom. The van der Waals surface area contributed by atoms with E-state index in [1.165, 1.54) is 25.7 Å². The summed E-state index contributed by atoms with van der Waals surface area (Å²) in [7, 11) is 0. The number of piperazine rings is 1. The van der Waals surface area contributed by atoms with Crippen LogP contribution in [0.5, 0.6) is 11.5 Å². The molecule has 3 heterocycles. The Kier molecular flexibility index (Phi) is 8.67. The Hall–Kier alpha value is -3.17. The molecule has 1 unspecified atom stereocenters. The number of anilines is 1. The maximum Gasteiger partial charge on any atom is 0.410 e. The van der Waals surface area contributed by atoms with E-state index in [4.69, 9.17) is 14.5 Å². The molecule has 1 saturated heterocycles. The Balaban J connectivity index is 1.10. The predicted molar refractivity (Wildman–Crippen MR) is 172 cm³/mol. The molecule has 0 radical (unpaired) electrons. The van der Waals surface area contributed by atoms with Gasteiger partial charge >= 0.3 is 6.09 Å². The summed E-state index contributed by atoms with van der Waals surface area (Å²) in [4.78, 5) is 25.5. The Labute approximate surface area is 253 Å². The molecule has 1 atom stereocenters. The molecule has 42 heavy (non-hydrogen) atoms. The summed E-state index contributed by atoms with van der Waals surface area (Å²) >= 11 is 1.84. The average Bonchev–Trinajstić information content (AvgIpc) is 3.73. The molecule has 1 aromatic heterocycles. The fourth-order valence-electron chi connectivity index (χ4n) is 5.94. The maximum absolute atomic E-state index is 12.4. The fourth-order valence-corrected chi connectivity index (χ4v) is 7.02. The number of carbonyl (C=O) groups excluding carboxylic acids is 1. The first kappa shape index (κ1) is 28.9. The van der Waals surface area contributed by atoms with Gasteiger partial charge in [0.15, 0.2) is 0 Å². The van der Waals surface area contributed by atoms with Crippen molar-refractivity contribution in [2.75, 3.05) is 43.8 Å². The van der Waals surface area contributed by atoms with Crippen LogP contribution < -0.4 is 10.1 Å². The normalized spacial score (nSPS) is 20.2. The van der Waals surface area contributed by atoms with Gasteiger partial charge in [0.25, 0.3) is 0 Å². The van der Waals surface area contributed by atoms with Crippen molar-refractivity contribution >= 4 is 39.5 Å². The van der Waals surface area contributed by atoms with Crippen LogP contribution in [0.3, 0.4) is 0 Å². The predicted octanol–water partition coefficient (Wildman–Crippen LogP) is 7.12. The zero-order valence-electron chi connectivity index (χ0n) is 25.0. The lowest BCUT2D eigenvalue weighted by Gasteiger charge is -2.35. The van der Waals surface area contributed by atoms with Crippen LogP contribution in [0.2, 0.25) is 0 Å². The molecule has 6 rings (SSSR count). The minimum atomic E-state index is -0.457. The van der Waals surface area contributed by atoms with E-state index in [2.05, 4.69) is 33.4 Å². The number of ether oxygens (including phenoxy) is 2. The maximum atomic E-state index is 12.4. The van der Waals surface area contributed by atoms with Crippen molar-refractivity contribution in [1.29, 1.82) is 0 Å². The topological polar surface area (TPSA) is 82.2 Å². The lowest BCUT2D eigenvalue weighted by molar-refractivity contribution is 0.0143. The number of thioether (sulfide) groups is 1. The van der Waals surface area contributed by atoms with Crippen LogP contribution in [-0.2, 0) is 4.74 Å². The number of fused-ring (bicyclic) bond motifs is 1. The number of nitrogens with zero attached hydrogens (tertiary/aromatic N) is 3. The number of aromatic nitrogens is 1. The van der Waals surface area contributed by atoms with E-state index in [9.17, 15) is 4.79 Å². The molecule has 1 aliphatic carbocycles. The summed E-state index contributed by atoms with van der Waals surface area (Å²) in [6.07, 6.45) is 5.80. The summed E-state index contributed by atoms with van der Waals surface area (Å²) in [5.74, 6) is 2.67. The second-order valence-electron chi connectivity index (χ2n) is 12.7. The van der Waals surface area contributed by atoms with Gasteiger partial charge in [-0.3, -0.25) is 9.89 Å². The molecule has 8 nitrogen and oxygen atoms in total. The van der Waals surface area contributed by atoms with E-state index in [0.717, 1.165) is 70.6 Å². The molecule has 9 heteroatoms. The van der Waals surface area contributed by atoms with Crippen molar-refractivity contribution in [3.8, 4) is 11.5 Å². The molecule has 2 N–H and O–H groups in total. The second kappa shape index (κ2) is 12.6. The largest absolute Gasteiger partial charge is 0.457 e. The van der Waals surface area contributed by atoms with Crippen LogP contribution in [-0.4, -0.2) is 82.1 Å². The van der Waals surface area contributed by atoms with Gasteiger partial charge in [0, 0.05) is 56.0 Å². The zero-order chi connectivity index (χ0) is 29.1. The third-order valence-electron chi connectivity index (χ3n) is 8.14. The highest BCUT2D eigenvalue weighted by Crippen LogP contribution is 2.36. The number of para-hydroxylation sites is 1. The molecule has 3 aliphatic rings. The number of hydrogen-bond donors (Lipinski definition) is 2. The van der Waals surface area contributed by atoms with Crippen LogP contribution >= 0.6 is 11.8 Å². The third-order valence-corrected chi connectivity index (χ3v) is 9.29. The summed E-state index contributed by atoms with van der Waals surface area (Å²) in [6, 6.07) is 17.2. The molecular weight excluding hydrogens is 546 g/mol. The SMILES string of the molecule is CC(C)(C)OC(=O)N1CCN(CCC2CSC(c3cc4cc(Oc5ccccc5)cc(NC5CCCC5)c4[nH]3)=N2)CC1. The first-order valence-electron chi connectivity index (χ1n) is 15.4. The fraction of sp³-hybridized carbons (Fsp3) is 0.515. The molecule has 224 valence electrons. The monoisotopic (exact) mass is 589 g/mol. The summed E-state index contributed by atoms with van der Waals surface area (Å²) in [6.45, 7) is 9.91. The molecule has 2 aliphatic heterocycles. The molecule has 3 aromatic rings. The lowest BCUT2D eigenvalue weighted by atomic mass is 10.1. The third kappa shape index (κ3) is 7.24. The molecule has 2 fully saturated rings. The van der Waals surface area contributed by atoms with Crippen LogP contribution in [0.1, 0.15) is 58.6 Å². The van der Waals surface area contributed by atoms with E-state index in [1.807, 2.05) is 67.8 Å². The number of H-pyrrole nitrogens is 1. The Morgan fingerprint density at radius 3 is 2.55 bits per heavy atom. The van der Waals surface area contributed by atoms with Gasteiger partial charge in [-0.2, -0.15) is 0 Å². The smallest absolute Gasteiger partial charge is 0.410 e. The van der Waals surface area contributed by atoms with E-state index in [-0.39, 0.29) is 6.09 Å². The van der Waals surface area contributed by atoms with E-state index in [0.29, 0.717) is 25.2 Å². The Bertz CT molecular complexity index is 1400. The summed E-state index contributed by atoms with van der Waals surface area (Å²) in [5, 5.41) is 6.02. The van der Waals surface area contributed by atoms with Crippen molar-refractivity contribution in [2.45, 2.75) is 70.6 Å². The average molecular weight is 590 g/mol. The summed E-state index contributed by atoms with van der Waals surface area (Å²) < 4.78 is 11.8. The van der Waals surface area contributed by atoms with Crippen molar-refractivity contribution in [3.63, 3.8) is 0 Å². The van der Waals surface area contributed by atoms with Gasteiger partial charge in [-0.25, -0.2) is 4.79 Å². The van der Waals surface area contributed by atoms with Crippen molar-refractivity contribution < 1.29 is 14.3 Å². The number of aromatic amines is 1. The molecule has 2 aromatic carbocycles. The first-order valence-corrected chi connectivity index (χ1v) is 16.3. The number of benzene rings is 2. The van der Waals surface area contributed by atoms with Crippen LogP contribution in [0.4, 0.5) is 10.5 Å². The number of carbonyl (C=O) groups is 1. The highest BCUT2D eigenvalue weighted by Gasteiger charge is 2.27. The summed E-state index contributed by atoms with van der Waals surface area (Å²) in [5.41, 5.74) is 2.84. The highest BCUT2D eigenvalue weighted by atomic mass is 32.2. The quantitative estimate of drug-likeness (QED) is 0.291. The molecule has 0 spiro atoms. The van der Waals surface area contributed by atoms with Gasteiger partial charge in [-0.1, -0.05) is 31.0 Å². The van der Waals surface area contributed by atoms with Crippen LogP contribution in [0.15, 0.2) is 53.5 Å². The van der Waals surface area contributed by atoms with Crippen LogP contribution in [0.25, 0.3) is 10.9 Å². The molecular formula is C33H43N5O3S. The Morgan fingerprint density at radius 1 is 1.05 bits per heavy atom. The van der Waals surface area contributed by atoms with E-state index in [1.54, 1.807) is 0 Å². The number of amides is 1. The number of rotatable bonds is 8. The molecule has 1 saturated carbocycles. The zero-order valence-corrected chi connectivity index (χ0v) is 25.8. The highest BCUT2D eigenvalue weighted by molar-refractivity contribution is 8.14. The number of nitrogens with one attached hydrogen (secondary N) is 2. The van der Waals surface area contributed by atoms with Crippen molar-refractivity contribution in [2.24, 2.45) is 4.99 Å². The van der Waals surface area contributed by atoms with Crippen molar-refractivity contribution in [3.05, 3.63) is 54.2 Å². The molecule has 1 amide bonds. The minimum Gasteiger partial charge on any atom is -0.457 e. The standard InChI is InChI=1S/C33H43N5O3S/c1-33(2,3)41-32(39)38-17-15-37(16-18-38)14-13-25-22-42-31(35-25)29-20-23-19-27(40-26-11-5-4-6-12-26)21-28(30(23)36-29)34-24-9-7-8-10-24/h4-6,11-12,19-21,24-25,34,36H,7-10,13-18,22H2,1-3H3. The van der Waals surface area contributed by atoms with Gasteiger partial charge in [-0.05, 0) is 64.3 Å². The van der Waals surface area contributed by atoms with E-state index >= 15 is 0 Å². The van der Waals surface area contributed by atoms with Crippen LogP contribution in [0, 0.1) is 0 Å². The molecule has 0 bridgehead atoms. The number of aliphatic imine (C=N–C) groups is 1.